The van der Waals surface area contributed by atoms with E-state index >= 15 is 0 Å². The Morgan fingerprint density at radius 3 is 2.50 bits per heavy atom. The van der Waals surface area contributed by atoms with Gasteiger partial charge in [0.05, 0.1) is 0 Å². The summed E-state index contributed by atoms with van der Waals surface area (Å²) in [6.07, 6.45) is 3.50. The van der Waals surface area contributed by atoms with Crippen molar-refractivity contribution in [2.75, 3.05) is 38.1 Å². The lowest BCUT2D eigenvalue weighted by Gasteiger charge is -2.15. The number of rotatable bonds is 8. The summed E-state index contributed by atoms with van der Waals surface area (Å²) in [4.78, 5) is 6.84. The van der Waals surface area contributed by atoms with Crippen molar-refractivity contribution in [2.24, 2.45) is 10.7 Å². The highest BCUT2D eigenvalue weighted by molar-refractivity contribution is 5.92. The molecular weight excluding hydrogens is 324 g/mol. The van der Waals surface area contributed by atoms with E-state index in [2.05, 4.69) is 27.3 Å². The highest BCUT2D eigenvalue weighted by atomic mass is 16.5. The first-order valence-electron chi connectivity index (χ1n) is 9.36. The third-order valence-electron chi connectivity index (χ3n) is 4.53. The maximum Gasteiger partial charge on any atom is 0.193 e. The van der Waals surface area contributed by atoms with Gasteiger partial charge in [0, 0.05) is 18.8 Å². The molecule has 1 aliphatic heterocycles. The van der Waals surface area contributed by atoms with Crippen molar-refractivity contribution >= 4 is 11.6 Å². The van der Waals surface area contributed by atoms with Crippen LogP contribution in [0, 0.1) is 0 Å². The van der Waals surface area contributed by atoms with Gasteiger partial charge in [-0.15, -0.1) is 0 Å². The van der Waals surface area contributed by atoms with Crippen molar-refractivity contribution in [3.8, 4) is 5.75 Å². The minimum absolute atomic E-state index is 0.443. The Labute approximate surface area is 155 Å². The van der Waals surface area contributed by atoms with Crippen LogP contribution in [0.3, 0.4) is 0 Å². The lowest BCUT2D eigenvalue weighted by molar-refractivity contribution is 0.238. The maximum absolute atomic E-state index is 5.92. The molecule has 3 N–H and O–H groups in total. The van der Waals surface area contributed by atoms with Crippen LogP contribution in [-0.4, -0.2) is 43.6 Å². The predicted octanol–water partition coefficient (Wildman–Crippen LogP) is 3.13. The van der Waals surface area contributed by atoms with Crippen molar-refractivity contribution in [1.82, 2.24) is 4.90 Å². The number of likely N-dealkylation sites (tertiary alicyclic amines) is 1. The van der Waals surface area contributed by atoms with Gasteiger partial charge in [-0.25, -0.2) is 0 Å². The zero-order valence-electron chi connectivity index (χ0n) is 15.2. The van der Waals surface area contributed by atoms with Crippen molar-refractivity contribution in [1.29, 1.82) is 0 Å². The minimum atomic E-state index is 0.443. The number of nitrogens with zero attached hydrogens (tertiary/aromatic N) is 2. The summed E-state index contributed by atoms with van der Waals surface area (Å²) < 4.78 is 5.83. The molecule has 0 amide bonds. The molecule has 1 saturated heterocycles. The molecule has 0 saturated carbocycles. The van der Waals surface area contributed by atoms with Crippen molar-refractivity contribution in [3.05, 3.63) is 60.2 Å². The number of aliphatic imine (C=N–C) groups is 1. The van der Waals surface area contributed by atoms with Crippen LogP contribution in [-0.2, 0) is 6.42 Å². The molecule has 0 aromatic heterocycles. The van der Waals surface area contributed by atoms with Gasteiger partial charge in [0.2, 0.25) is 0 Å². The van der Waals surface area contributed by atoms with E-state index in [1.54, 1.807) is 0 Å². The summed E-state index contributed by atoms with van der Waals surface area (Å²) in [5.41, 5.74) is 8.09. The molecule has 1 fully saturated rings. The van der Waals surface area contributed by atoms with E-state index in [4.69, 9.17) is 10.5 Å². The number of benzene rings is 2. The Bertz CT molecular complexity index is 679. The number of nitrogens with one attached hydrogen (secondary N) is 1. The van der Waals surface area contributed by atoms with Crippen LogP contribution in [0.5, 0.6) is 5.75 Å². The van der Waals surface area contributed by atoms with E-state index in [1.165, 1.54) is 31.5 Å². The average Bonchev–Trinajstić information content (AvgIpc) is 3.17. The fourth-order valence-corrected chi connectivity index (χ4v) is 3.07. The van der Waals surface area contributed by atoms with Gasteiger partial charge in [-0.3, -0.25) is 9.89 Å². The topological polar surface area (TPSA) is 62.9 Å². The molecule has 2 aromatic carbocycles. The predicted molar refractivity (Wildman–Crippen MR) is 108 cm³/mol. The van der Waals surface area contributed by atoms with Gasteiger partial charge in [0.1, 0.15) is 12.4 Å². The third-order valence-corrected chi connectivity index (χ3v) is 4.53. The summed E-state index contributed by atoms with van der Waals surface area (Å²) in [6, 6.07) is 18.1. The summed E-state index contributed by atoms with van der Waals surface area (Å²) >= 11 is 0. The molecule has 3 rings (SSSR count). The maximum atomic E-state index is 5.92. The largest absolute Gasteiger partial charge is 0.492 e. The summed E-state index contributed by atoms with van der Waals surface area (Å²) in [6.45, 7) is 4.85. The molecule has 5 heteroatoms. The lowest BCUT2D eigenvalue weighted by atomic mass is 10.1. The number of anilines is 1. The first-order chi connectivity index (χ1) is 12.8. The molecule has 1 heterocycles. The van der Waals surface area contributed by atoms with Crippen molar-refractivity contribution in [3.63, 3.8) is 0 Å². The van der Waals surface area contributed by atoms with Crippen LogP contribution in [0.2, 0.25) is 0 Å². The van der Waals surface area contributed by atoms with E-state index in [9.17, 15) is 0 Å². The molecule has 5 nitrogen and oxygen atoms in total. The molecule has 0 radical (unpaired) electrons. The van der Waals surface area contributed by atoms with E-state index in [0.717, 1.165) is 31.0 Å². The number of para-hydroxylation sites is 1. The third kappa shape index (κ3) is 6.08. The average molecular weight is 352 g/mol. The first-order valence-corrected chi connectivity index (χ1v) is 9.36. The minimum Gasteiger partial charge on any atom is -0.492 e. The van der Waals surface area contributed by atoms with Crippen LogP contribution >= 0.6 is 0 Å². The Kier molecular flexibility index (Phi) is 6.90. The first kappa shape index (κ1) is 18.3. The standard InChI is InChI=1S/C21H28N4O/c22-21(24-19-6-2-1-3-7-19)23-13-12-18-8-10-20(11-9-18)26-17-16-25-14-4-5-15-25/h1-3,6-11H,4-5,12-17H2,(H3,22,23,24). The molecule has 0 aliphatic carbocycles. The number of hydrogen-bond donors (Lipinski definition) is 2. The number of guanidine groups is 1. The van der Waals surface area contributed by atoms with Crippen LogP contribution < -0.4 is 15.8 Å². The van der Waals surface area contributed by atoms with Crippen molar-refractivity contribution in [2.45, 2.75) is 19.3 Å². The SMILES string of the molecule is NC(=NCCc1ccc(OCCN2CCCC2)cc1)Nc1ccccc1. The normalized spacial score (nSPS) is 15.2. The second-order valence-electron chi connectivity index (χ2n) is 6.55. The second-order valence-corrected chi connectivity index (χ2v) is 6.55. The van der Waals surface area contributed by atoms with Gasteiger partial charge in [0.25, 0.3) is 0 Å². The quantitative estimate of drug-likeness (QED) is 0.566. The van der Waals surface area contributed by atoms with Crippen LogP contribution in [0.1, 0.15) is 18.4 Å². The second kappa shape index (κ2) is 9.82. The highest BCUT2D eigenvalue weighted by Crippen LogP contribution is 2.13. The van der Waals surface area contributed by atoms with E-state index in [0.29, 0.717) is 12.5 Å². The van der Waals surface area contributed by atoms with Gasteiger partial charge >= 0.3 is 0 Å². The van der Waals surface area contributed by atoms with Gasteiger partial charge < -0.3 is 15.8 Å². The fraction of sp³-hybridized carbons (Fsp3) is 0.381. The zero-order valence-corrected chi connectivity index (χ0v) is 15.2. The Balaban J connectivity index is 1.37. The Hall–Kier alpha value is -2.53. The van der Waals surface area contributed by atoms with E-state index < -0.39 is 0 Å². The highest BCUT2D eigenvalue weighted by Gasteiger charge is 2.10. The molecule has 26 heavy (non-hydrogen) atoms. The van der Waals surface area contributed by atoms with Gasteiger partial charge in [-0.05, 0) is 62.2 Å². The zero-order chi connectivity index (χ0) is 18.0. The van der Waals surface area contributed by atoms with Crippen LogP contribution in [0.25, 0.3) is 0 Å². The summed E-state index contributed by atoms with van der Waals surface area (Å²) in [5.74, 6) is 1.37. The molecular formula is C21H28N4O. The fourth-order valence-electron chi connectivity index (χ4n) is 3.07. The molecule has 0 atom stereocenters. The van der Waals surface area contributed by atoms with Gasteiger partial charge in [-0.2, -0.15) is 0 Å². The molecule has 1 aliphatic rings. The molecule has 138 valence electrons. The van der Waals surface area contributed by atoms with Crippen LogP contribution in [0.15, 0.2) is 59.6 Å². The monoisotopic (exact) mass is 352 g/mol. The lowest BCUT2D eigenvalue weighted by Crippen LogP contribution is -2.25. The van der Waals surface area contributed by atoms with Gasteiger partial charge in [-0.1, -0.05) is 30.3 Å². The molecule has 2 aromatic rings. The van der Waals surface area contributed by atoms with Gasteiger partial charge in [0.15, 0.2) is 5.96 Å². The number of hydrogen-bond acceptors (Lipinski definition) is 3. The molecule has 0 bridgehead atoms. The van der Waals surface area contributed by atoms with Crippen molar-refractivity contribution < 1.29 is 4.74 Å². The number of ether oxygens (including phenoxy) is 1. The Morgan fingerprint density at radius 1 is 1.04 bits per heavy atom. The summed E-state index contributed by atoms with van der Waals surface area (Å²) in [5, 5.41) is 3.09. The molecule has 0 unspecified atom stereocenters. The molecule has 0 spiro atoms. The van der Waals surface area contributed by atoms with E-state index in [-0.39, 0.29) is 0 Å². The Morgan fingerprint density at radius 2 is 1.77 bits per heavy atom. The van der Waals surface area contributed by atoms with E-state index in [1.807, 2.05) is 42.5 Å². The number of nitrogens with two attached hydrogens (primary N) is 1. The van der Waals surface area contributed by atoms with Crippen LogP contribution in [0.4, 0.5) is 5.69 Å². The summed E-state index contributed by atoms with van der Waals surface area (Å²) in [7, 11) is 0. The smallest absolute Gasteiger partial charge is 0.193 e.